The van der Waals surface area contributed by atoms with Crippen molar-refractivity contribution in [1.82, 2.24) is 14.6 Å². The summed E-state index contributed by atoms with van der Waals surface area (Å²) < 4.78 is 6.74. The molecule has 0 aliphatic rings. The highest BCUT2D eigenvalue weighted by molar-refractivity contribution is 5.87. The van der Waals surface area contributed by atoms with Gasteiger partial charge in [0.15, 0.2) is 5.65 Å². The smallest absolute Gasteiger partial charge is 0.338 e. The first-order chi connectivity index (χ1) is 9.69. The molecule has 0 atom stereocenters. The lowest BCUT2D eigenvalue weighted by atomic mass is 10.1. The molecule has 3 rings (SSSR count). The predicted octanol–water partition coefficient (Wildman–Crippen LogP) is 2.10. The maximum Gasteiger partial charge on any atom is 0.338 e. The fourth-order valence-corrected chi connectivity index (χ4v) is 1.98. The Hall–Kier alpha value is -2.89. The van der Waals surface area contributed by atoms with Gasteiger partial charge in [0.2, 0.25) is 0 Å². The zero-order valence-corrected chi connectivity index (χ0v) is 10.6. The summed E-state index contributed by atoms with van der Waals surface area (Å²) in [6.45, 7) is 0. The molecule has 0 saturated carbocycles. The summed E-state index contributed by atoms with van der Waals surface area (Å²) >= 11 is 0. The number of carboxylic acid groups (broad SMARTS) is 1. The summed E-state index contributed by atoms with van der Waals surface area (Å²) in [7, 11) is 1.59. The second-order valence-corrected chi connectivity index (χ2v) is 4.18. The first-order valence-corrected chi connectivity index (χ1v) is 5.91. The summed E-state index contributed by atoms with van der Waals surface area (Å²) in [4.78, 5) is 15.0. The van der Waals surface area contributed by atoms with E-state index in [2.05, 4.69) is 10.1 Å². The maximum atomic E-state index is 10.9. The lowest BCUT2D eigenvalue weighted by molar-refractivity contribution is 0.0695. The lowest BCUT2D eigenvalue weighted by Gasteiger charge is -2.04. The average Bonchev–Trinajstić information content (AvgIpc) is 2.89. The number of aromatic nitrogens is 3. The molecule has 0 unspecified atom stereocenters. The molecule has 0 fully saturated rings. The third-order valence-electron chi connectivity index (χ3n) is 2.94. The van der Waals surface area contributed by atoms with E-state index in [1.807, 2.05) is 24.3 Å². The number of nitrogens with zero attached hydrogens (tertiary/aromatic N) is 3. The van der Waals surface area contributed by atoms with E-state index in [1.165, 1.54) is 16.9 Å². The van der Waals surface area contributed by atoms with E-state index in [1.54, 1.807) is 13.2 Å². The molecule has 1 aromatic carbocycles. The second kappa shape index (κ2) is 4.65. The Morgan fingerprint density at radius 3 is 2.90 bits per heavy atom. The van der Waals surface area contributed by atoms with Gasteiger partial charge in [-0.2, -0.15) is 5.10 Å². The summed E-state index contributed by atoms with van der Waals surface area (Å²) in [6.07, 6.45) is 2.74. The van der Waals surface area contributed by atoms with Crippen molar-refractivity contribution < 1.29 is 14.6 Å². The summed E-state index contributed by atoms with van der Waals surface area (Å²) in [6, 6.07) is 9.27. The topological polar surface area (TPSA) is 76.7 Å². The zero-order chi connectivity index (χ0) is 14.1. The van der Waals surface area contributed by atoms with Gasteiger partial charge in [-0.25, -0.2) is 14.3 Å². The molecule has 6 heteroatoms. The first-order valence-electron chi connectivity index (χ1n) is 5.91. The highest BCUT2D eigenvalue weighted by Crippen LogP contribution is 2.28. The van der Waals surface area contributed by atoms with Crippen molar-refractivity contribution >= 4 is 11.6 Å². The van der Waals surface area contributed by atoms with E-state index in [9.17, 15) is 4.79 Å². The van der Waals surface area contributed by atoms with Crippen LogP contribution in [0.4, 0.5) is 0 Å². The molecule has 0 aliphatic heterocycles. The molecule has 2 aromatic heterocycles. The van der Waals surface area contributed by atoms with Crippen LogP contribution in [-0.2, 0) is 0 Å². The molecule has 0 radical (unpaired) electrons. The quantitative estimate of drug-likeness (QED) is 0.788. The summed E-state index contributed by atoms with van der Waals surface area (Å²) in [5.41, 5.74) is 2.18. The van der Waals surface area contributed by atoms with Crippen LogP contribution >= 0.6 is 0 Å². The van der Waals surface area contributed by atoms with Crippen molar-refractivity contribution in [3.8, 4) is 17.0 Å². The van der Waals surface area contributed by atoms with Crippen LogP contribution in [0.15, 0.2) is 42.7 Å². The largest absolute Gasteiger partial charge is 0.496 e. The van der Waals surface area contributed by atoms with Crippen LogP contribution in [0.25, 0.3) is 16.9 Å². The molecule has 0 amide bonds. The van der Waals surface area contributed by atoms with Crippen LogP contribution in [0.2, 0.25) is 0 Å². The lowest BCUT2D eigenvalue weighted by Crippen LogP contribution is -2.01. The number of para-hydroxylation sites is 1. The fourth-order valence-electron chi connectivity index (χ4n) is 1.98. The van der Waals surface area contributed by atoms with Crippen LogP contribution in [0.5, 0.6) is 5.75 Å². The van der Waals surface area contributed by atoms with Gasteiger partial charge >= 0.3 is 5.97 Å². The first kappa shape index (κ1) is 12.2. The van der Waals surface area contributed by atoms with Gasteiger partial charge in [0, 0.05) is 24.0 Å². The van der Waals surface area contributed by atoms with Crippen molar-refractivity contribution in [2.45, 2.75) is 0 Å². The Morgan fingerprint density at radius 1 is 1.35 bits per heavy atom. The minimum Gasteiger partial charge on any atom is -0.496 e. The molecule has 1 N–H and O–H groups in total. The van der Waals surface area contributed by atoms with Gasteiger partial charge in [-0.05, 0) is 12.1 Å². The molecule has 0 aliphatic carbocycles. The van der Waals surface area contributed by atoms with Crippen molar-refractivity contribution in [1.29, 1.82) is 0 Å². The van der Waals surface area contributed by atoms with Gasteiger partial charge in [0.1, 0.15) is 5.75 Å². The van der Waals surface area contributed by atoms with E-state index < -0.39 is 5.97 Å². The van der Waals surface area contributed by atoms with E-state index >= 15 is 0 Å². The normalized spacial score (nSPS) is 10.7. The Morgan fingerprint density at radius 2 is 2.15 bits per heavy atom. The Labute approximate surface area is 114 Å². The predicted molar refractivity (Wildman–Crippen MR) is 71.9 cm³/mol. The number of hydrogen-bond acceptors (Lipinski definition) is 4. The van der Waals surface area contributed by atoms with Crippen molar-refractivity contribution in [2.75, 3.05) is 7.11 Å². The Balaban J connectivity index is 2.15. The van der Waals surface area contributed by atoms with E-state index in [0.717, 1.165) is 5.56 Å². The minimum absolute atomic E-state index is 0.0900. The van der Waals surface area contributed by atoms with Crippen molar-refractivity contribution in [3.63, 3.8) is 0 Å². The van der Waals surface area contributed by atoms with Gasteiger partial charge in [-0.15, -0.1) is 0 Å². The monoisotopic (exact) mass is 269 g/mol. The summed E-state index contributed by atoms with van der Waals surface area (Å²) in [5.74, 6) is -0.330. The van der Waals surface area contributed by atoms with Crippen LogP contribution in [0.3, 0.4) is 0 Å². The number of fused-ring (bicyclic) bond motifs is 1. The number of aromatic carboxylic acids is 1. The van der Waals surface area contributed by atoms with Gasteiger partial charge in [0.05, 0.1) is 18.4 Å². The third-order valence-corrected chi connectivity index (χ3v) is 2.94. The number of hydrogen-bond donors (Lipinski definition) is 1. The average molecular weight is 269 g/mol. The van der Waals surface area contributed by atoms with Crippen LogP contribution < -0.4 is 4.74 Å². The molecule has 6 nitrogen and oxygen atoms in total. The molecule has 2 heterocycles. The van der Waals surface area contributed by atoms with Crippen LogP contribution in [0.1, 0.15) is 10.4 Å². The van der Waals surface area contributed by atoms with E-state index in [0.29, 0.717) is 17.1 Å². The molecule has 0 spiro atoms. The number of carboxylic acids is 1. The Bertz CT molecular complexity index is 795. The Kier molecular flexibility index (Phi) is 2.83. The summed E-state index contributed by atoms with van der Waals surface area (Å²) in [5, 5.41) is 13.3. The SMILES string of the molecule is COc1ccccc1-c1cc2ncc(C(=O)O)cn2n1. The molecule has 100 valence electrons. The number of ether oxygens (including phenoxy) is 1. The van der Waals surface area contributed by atoms with Gasteiger partial charge in [-0.1, -0.05) is 12.1 Å². The highest BCUT2D eigenvalue weighted by atomic mass is 16.5. The maximum absolute atomic E-state index is 10.9. The zero-order valence-electron chi connectivity index (χ0n) is 10.6. The molecule has 3 aromatic rings. The number of methoxy groups -OCH3 is 1. The van der Waals surface area contributed by atoms with Gasteiger partial charge in [-0.3, -0.25) is 0 Å². The van der Waals surface area contributed by atoms with Crippen LogP contribution in [0, 0.1) is 0 Å². The fraction of sp³-hybridized carbons (Fsp3) is 0.0714. The van der Waals surface area contributed by atoms with Crippen molar-refractivity contribution in [3.05, 3.63) is 48.3 Å². The van der Waals surface area contributed by atoms with Gasteiger partial charge in [0.25, 0.3) is 0 Å². The molecule has 0 saturated heterocycles. The van der Waals surface area contributed by atoms with E-state index in [-0.39, 0.29) is 5.56 Å². The van der Waals surface area contributed by atoms with Gasteiger partial charge < -0.3 is 9.84 Å². The minimum atomic E-state index is -1.03. The number of rotatable bonds is 3. The molecule has 20 heavy (non-hydrogen) atoms. The molecular weight excluding hydrogens is 258 g/mol. The highest BCUT2D eigenvalue weighted by Gasteiger charge is 2.11. The third kappa shape index (κ3) is 1.97. The second-order valence-electron chi connectivity index (χ2n) is 4.18. The van der Waals surface area contributed by atoms with Crippen LogP contribution in [-0.4, -0.2) is 32.8 Å². The molecular formula is C14H11N3O3. The van der Waals surface area contributed by atoms with E-state index in [4.69, 9.17) is 9.84 Å². The molecule has 0 bridgehead atoms. The number of benzene rings is 1. The van der Waals surface area contributed by atoms with Crippen molar-refractivity contribution in [2.24, 2.45) is 0 Å². The number of carbonyl (C=O) groups is 1. The standard InChI is InChI=1S/C14H11N3O3/c1-20-12-5-3-2-4-10(12)11-6-13-15-7-9(14(18)19)8-17(13)16-11/h2-8H,1H3,(H,18,19).